The third-order valence-electron chi connectivity index (χ3n) is 3.04. The number of anilines is 1. The van der Waals surface area contributed by atoms with E-state index in [1.807, 2.05) is 54.6 Å². The maximum absolute atomic E-state index is 5.83. The quantitative estimate of drug-likeness (QED) is 0.596. The van der Waals surface area contributed by atoms with E-state index in [1.54, 1.807) is 6.21 Å². The van der Waals surface area contributed by atoms with Crippen LogP contribution in [0, 0.1) is 5.92 Å². The predicted molar refractivity (Wildman–Crippen MR) is 89.1 cm³/mol. The number of hydrazone groups is 1. The Morgan fingerprint density at radius 1 is 1.05 bits per heavy atom. The Kier molecular flexibility index (Phi) is 5.83. The Labute approximate surface area is 126 Å². The molecule has 21 heavy (non-hydrogen) atoms. The molecular formula is C18H22N2O. The van der Waals surface area contributed by atoms with Gasteiger partial charge >= 0.3 is 0 Å². The molecule has 2 aromatic rings. The summed E-state index contributed by atoms with van der Waals surface area (Å²) in [5, 5.41) is 4.26. The molecule has 0 aromatic heterocycles. The van der Waals surface area contributed by atoms with E-state index in [9.17, 15) is 0 Å². The number of hydrogen-bond donors (Lipinski definition) is 1. The maximum atomic E-state index is 5.83. The fourth-order valence-electron chi connectivity index (χ4n) is 1.81. The van der Waals surface area contributed by atoms with E-state index in [2.05, 4.69) is 24.4 Å². The second-order valence-corrected chi connectivity index (χ2v) is 5.30. The fraction of sp³-hybridized carbons (Fsp3) is 0.278. The first-order chi connectivity index (χ1) is 10.3. The normalized spacial score (nSPS) is 11.0. The smallest absolute Gasteiger partial charge is 0.128 e. The lowest BCUT2D eigenvalue weighted by molar-refractivity contribution is 0.289. The molecule has 0 atom stereocenters. The first-order valence-electron chi connectivity index (χ1n) is 7.31. The molecule has 0 saturated heterocycles. The lowest BCUT2D eigenvalue weighted by atomic mass is 10.1. The molecule has 0 fully saturated rings. The van der Waals surface area contributed by atoms with Crippen molar-refractivity contribution in [3.63, 3.8) is 0 Å². The van der Waals surface area contributed by atoms with Crippen molar-refractivity contribution in [2.75, 3.05) is 12.0 Å². The number of hydrogen-bond acceptors (Lipinski definition) is 3. The van der Waals surface area contributed by atoms with Crippen molar-refractivity contribution in [1.82, 2.24) is 0 Å². The van der Waals surface area contributed by atoms with Gasteiger partial charge in [0.1, 0.15) is 5.75 Å². The number of rotatable bonds is 7. The van der Waals surface area contributed by atoms with Gasteiger partial charge in [0.05, 0.1) is 18.5 Å². The van der Waals surface area contributed by atoms with Gasteiger partial charge in [0.25, 0.3) is 0 Å². The number of nitrogens with zero attached hydrogens (tertiary/aromatic N) is 1. The summed E-state index contributed by atoms with van der Waals surface area (Å²) in [5.74, 6) is 1.52. The number of nitrogens with one attached hydrogen (secondary N) is 1. The molecule has 0 spiro atoms. The molecule has 0 saturated carbocycles. The minimum Gasteiger partial charge on any atom is -0.493 e. The largest absolute Gasteiger partial charge is 0.493 e. The lowest BCUT2D eigenvalue weighted by Crippen LogP contribution is -2.03. The summed E-state index contributed by atoms with van der Waals surface area (Å²) >= 11 is 0. The van der Waals surface area contributed by atoms with Crippen LogP contribution >= 0.6 is 0 Å². The molecule has 2 rings (SSSR count). The molecule has 0 aliphatic carbocycles. The highest BCUT2D eigenvalue weighted by molar-refractivity contribution is 5.83. The standard InChI is InChI=1S/C18H22N2O/c1-15(2)12-13-21-18-11-7-6-8-16(18)14-19-20-17-9-4-3-5-10-17/h3-11,14-15,20H,12-13H2,1-2H3. The molecule has 0 amide bonds. The summed E-state index contributed by atoms with van der Waals surface area (Å²) in [6, 6.07) is 17.8. The van der Waals surface area contributed by atoms with Crippen LogP contribution in [0.15, 0.2) is 59.7 Å². The average Bonchev–Trinajstić information content (AvgIpc) is 2.49. The molecule has 0 bridgehead atoms. The van der Waals surface area contributed by atoms with Gasteiger partial charge in [-0.05, 0) is 36.6 Å². The maximum Gasteiger partial charge on any atom is 0.128 e. The van der Waals surface area contributed by atoms with E-state index in [4.69, 9.17) is 4.74 Å². The third kappa shape index (κ3) is 5.30. The second-order valence-electron chi connectivity index (χ2n) is 5.30. The highest BCUT2D eigenvalue weighted by Crippen LogP contribution is 2.17. The first kappa shape index (κ1) is 15.1. The van der Waals surface area contributed by atoms with Gasteiger partial charge in [-0.25, -0.2) is 0 Å². The molecule has 1 N–H and O–H groups in total. The topological polar surface area (TPSA) is 33.6 Å². The number of benzene rings is 2. The summed E-state index contributed by atoms with van der Waals surface area (Å²) in [7, 11) is 0. The van der Waals surface area contributed by atoms with Crippen LogP contribution in [-0.2, 0) is 0 Å². The van der Waals surface area contributed by atoms with Crippen LogP contribution in [0.4, 0.5) is 5.69 Å². The van der Waals surface area contributed by atoms with Crippen molar-refractivity contribution in [3.05, 3.63) is 60.2 Å². The van der Waals surface area contributed by atoms with Crippen molar-refractivity contribution in [2.24, 2.45) is 11.0 Å². The highest BCUT2D eigenvalue weighted by atomic mass is 16.5. The van der Waals surface area contributed by atoms with Crippen molar-refractivity contribution < 1.29 is 4.74 Å². The van der Waals surface area contributed by atoms with Crippen LogP contribution in [0.2, 0.25) is 0 Å². The zero-order valence-corrected chi connectivity index (χ0v) is 12.6. The molecule has 2 aromatic carbocycles. The Morgan fingerprint density at radius 2 is 1.76 bits per heavy atom. The van der Waals surface area contributed by atoms with Gasteiger partial charge in [0, 0.05) is 5.56 Å². The van der Waals surface area contributed by atoms with Gasteiger partial charge in [-0.2, -0.15) is 5.10 Å². The SMILES string of the molecule is CC(C)CCOc1ccccc1C=NNc1ccccc1. The zero-order valence-electron chi connectivity index (χ0n) is 12.6. The van der Waals surface area contributed by atoms with Gasteiger partial charge in [0.15, 0.2) is 0 Å². The molecule has 0 aliphatic rings. The van der Waals surface area contributed by atoms with Crippen molar-refractivity contribution in [3.8, 4) is 5.75 Å². The molecule has 110 valence electrons. The molecule has 3 heteroatoms. The summed E-state index contributed by atoms with van der Waals surface area (Å²) < 4.78 is 5.83. The lowest BCUT2D eigenvalue weighted by Gasteiger charge is -2.10. The number of para-hydroxylation sites is 2. The van der Waals surface area contributed by atoms with Crippen molar-refractivity contribution >= 4 is 11.9 Å². The Balaban J connectivity index is 1.96. The summed E-state index contributed by atoms with van der Waals surface area (Å²) in [6.07, 6.45) is 2.84. The van der Waals surface area contributed by atoms with Crippen molar-refractivity contribution in [2.45, 2.75) is 20.3 Å². The van der Waals surface area contributed by atoms with Crippen LogP contribution < -0.4 is 10.2 Å². The van der Waals surface area contributed by atoms with E-state index in [0.29, 0.717) is 5.92 Å². The summed E-state index contributed by atoms with van der Waals surface area (Å²) in [4.78, 5) is 0. The zero-order chi connectivity index (χ0) is 14.9. The average molecular weight is 282 g/mol. The Bertz CT molecular complexity index is 564. The van der Waals surface area contributed by atoms with E-state index in [1.165, 1.54) is 0 Å². The highest BCUT2D eigenvalue weighted by Gasteiger charge is 2.01. The van der Waals surface area contributed by atoms with Crippen LogP contribution in [0.25, 0.3) is 0 Å². The van der Waals surface area contributed by atoms with Gasteiger partial charge in [0.2, 0.25) is 0 Å². The van der Waals surface area contributed by atoms with Gasteiger partial charge in [-0.1, -0.05) is 44.2 Å². The minimum atomic E-state index is 0.644. The summed E-state index contributed by atoms with van der Waals surface area (Å²) in [6.45, 7) is 5.12. The number of ether oxygens (including phenoxy) is 1. The Hall–Kier alpha value is -2.29. The molecule has 0 unspecified atom stereocenters. The van der Waals surface area contributed by atoms with E-state index in [0.717, 1.165) is 30.0 Å². The van der Waals surface area contributed by atoms with Crippen molar-refractivity contribution in [1.29, 1.82) is 0 Å². The Morgan fingerprint density at radius 3 is 2.52 bits per heavy atom. The predicted octanol–water partition coefficient (Wildman–Crippen LogP) is 4.56. The van der Waals surface area contributed by atoms with Gasteiger partial charge in [-0.3, -0.25) is 5.43 Å². The monoisotopic (exact) mass is 282 g/mol. The van der Waals surface area contributed by atoms with Crippen LogP contribution in [0.3, 0.4) is 0 Å². The first-order valence-corrected chi connectivity index (χ1v) is 7.31. The molecule has 0 radical (unpaired) electrons. The second kappa shape index (κ2) is 8.10. The van der Waals surface area contributed by atoms with Crippen LogP contribution in [0.5, 0.6) is 5.75 Å². The minimum absolute atomic E-state index is 0.644. The summed E-state index contributed by atoms with van der Waals surface area (Å²) in [5.41, 5.74) is 4.95. The van der Waals surface area contributed by atoms with E-state index >= 15 is 0 Å². The van der Waals surface area contributed by atoms with Crippen LogP contribution in [-0.4, -0.2) is 12.8 Å². The fourth-order valence-corrected chi connectivity index (χ4v) is 1.81. The molecule has 0 aliphatic heterocycles. The third-order valence-corrected chi connectivity index (χ3v) is 3.04. The molecule has 0 heterocycles. The molecule has 3 nitrogen and oxygen atoms in total. The van der Waals surface area contributed by atoms with E-state index in [-0.39, 0.29) is 0 Å². The van der Waals surface area contributed by atoms with Crippen LogP contribution in [0.1, 0.15) is 25.8 Å². The molecular weight excluding hydrogens is 260 g/mol. The van der Waals surface area contributed by atoms with E-state index < -0.39 is 0 Å². The van der Waals surface area contributed by atoms with Gasteiger partial charge in [-0.15, -0.1) is 0 Å². The van der Waals surface area contributed by atoms with Gasteiger partial charge < -0.3 is 4.74 Å².